The molecule has 0 saturated heterocycles. The monoisotopic (exact) mass is 230 g/mol. The average molecular weight is 230 g/mol. The fraction of sp³-hybridized carbons (Fsp3) is 0.0833. The van der Waals surface area contributed by atoms with Crippen molar-refractivity contribution in [2.24, 2.45) is 0 Å². The van der Waals surface area contributed by atoms with Gasteiger partial charge in [-0.1, -0.05) is 23.8 Å². The summed E-state index contributed by atoms with van der Waals surface area (Å²) in [5.74, 6) is -0.955. The van der Waals surface area contributed by atoms with Gasteiger partial charge in [0.05, 0.1) is 0 Å². The summed E-state index contributed by atoms with van der Waals surface area (Å²) < 4.78 is 0. The third kappa shape index (κ3) is 2.39. The van der Waals surface area contributed by atoms with Crippen LogP contribution >= 0.6 is 0 Å². The van der Waals surface area contributed by atoms with Gasteiger partial charge in [-0.2, -0.15) is 0 Å². The number of rotatable bonds is 2. The van der Waals surface area contributed by atoms with Crippen molar-refractivity contribution < 1.29 is 9.90 Å². The molecule has 5 heteroatoms. The minimum atomic E-state index is -1.22. The summed E-state index contributed by atoms with van der Waals surface area (Å²) in [5.41, 5.74) is 0.954. The average Bonchev–Trinajstić information content (AvgIpc) is 2.28. The Kier molecular flexibility index (Phi) is 2.74. The molecule has 2 aromatic rings. The van der Waals surface area contributed by atoms with Crippen LogP contribution in [-0.4, -0.2) is 21.0 Å². The molecular formula is C12H10N2O3. The van der Waals surface area contributed by atoms with Crippen molar-refractivity contribution in [1.29, 1.82) is 0 Å². The lowest BCUT2D eigenvalue weighted by atomic mass is 10.1. The Morgan fingerprint density at radius 1 is 1.35 bits per heavy atom. The summed E-state index contributed by atoms with van der Waals surface area (Å²) in [5, 5.41) is 8.82. The van der Waals surface area contributed by atoms with Crippen LogP contribution in [0.5, 0.6) is 0 Å². The van der Waals surface area contributed by atoms with Gasteiger partial charge in [0.15, 0.2) is 5.69 Å². The van der Waals surface area contributed by atoms with E-state index in [4.69, 9.17) is 5.11 Å². The van der Waals surface area contributed by atoms with Crippen LogP contribution in [0.1, 0.15) is 16.1 Å². The van der Waals surface area contributed by atoms with Crippen molar-refractivity contribution in [2.75, 3.05) is 0 Å². The highest BCUT2D eigenvalue weighted by molar-refractivity contribution is 5.85. The summed E-state index contributed by atoms with van der Waals surface area (Å²) in [4.78, 5) is 28.5. The first-order chi connectivity index (χ1) is 8.06. The fourth-order valence-corrected chi connectivity index (χ4v) is 1.50. The van der Waals surface area contributed by atoms with Gasteiger partial charge in [0.25, 0.3) is 5.56 Å². The topological polar surface area (TPSA) is 83.0 Å². The number of hydrogen-bond acceptors (Lipinski definition) is 3. The number of aryl methyl sites for hydroxylation is 1. The number of carboxylic acids is 1. The predicted molar refractivity (Wildman–Crippen MR) is 62.0 cm³/mol. The lowest BCUT2D eigenvalue weighted by Gasteiger charge is -2.02. The van der Waals surface area contributed by atoms with Crippen molar-refractivity contribution in [3.05, 3.63) is 51.9 Å². The number of hydrogen-bond donors (Lipinski definition) is 2. The van der Waals surface area contributed by atoms with Crippen LogP contribution < -0.4 is 5.56 Å². The van der Waals surface area contributed by atoms with E-state index >= 15 is 0 Å². The molecule has 0 bridgehead atoms. The Morgan fingerprint density at radius 2 is 2.12 bits per heavy atom. The number of nitrogens with zero attached hydrogens (tertiary/aromatic N) is 1. The molecule has 0 unspecified atom stereocenters. The second kappa shape index (κ2) is 4.21. The summed E-state index contributed by atoms with van der Waals surface area (Å²) in [6.07, 6.45) is 0. The molecule has 5 nitrogen and oxygen atoms in total. The molecule has 0 aliphatic rings. The van der Waals surface area contributed by atoms with E-state index < -0.39 is 11.5 Å². The van der Waals surface area contributed by atoms with Crippen molar-refractivity contribution in [3.63, 3.8) is 0 Å². The second-order valence-electron chi connectivity index (χ2n) is 3.65. The Labute approximate surface area is 96.8 Å². The highest BCUT2D eigenvalue weighted by atomic mass is 16.4. The van der Waals surface area contributed by atoms with E-state index in [1.165, 1.54) is 0 Å². The molecule has 1 aromatic carbocycles. The van der Waals surface area contributed by atoms with Crippen LogP contribution in [-0.2, 0) is 0 Å². The largest absolute Gasteiger partial charge is 0.477 e. The van der Waals surface area contributed by atoms with E-state index in [0.717, 1.165) is 11.6 Å². The Hall–Kier alpha value is -2.43. The second-order valence-corrected chi connectivity index (χ2v) is 3.65. The van der Waals surface area contributed by atoms with E-state index in [9.17, 15) is 9.59 Å². The number of carbonyl (C=O) groups is 1. The van der Waals surface area contributed by atoms with Gasteiger partial charge in [0.1, 0.15) is 5.82 Å². The first-order valence-electron chi connectivity index (χ1n) is 4.98. The smallest absolute Gasteiger partial charge is 0.354 e. The maximum Gasteiger partial charge on any atom is 0.354 e. The van der Waals surface area contributed by atoms with Gasteiger partial charge in [0, 0.05) is 11.6 Å². The van der Waals surface area contributed by atoms with Gasteiger partial charge in [-0.15, -0.1) is 0 Å². The first-order valence-corrected chi connectivity index (χ1v) is 4.98. The zero-order valence-electron chi connectivity index (χ0n) is 9.10. The van der Waals surface area contributed by atoms with Crippen molar-refractivity contribution in [1.82, 2.24) is 9.97 Å². The highest BCUT2D eigenvalue weighted by Gasteiger charge is 2.09. The highest BCUT2D eigenvalue weighted by Crippen LogP contribution is 2.14. The zero-order valence-corrected chi connectivity index (χ0v) is 9.10. The summed E-state index contributed by atoms with van der Waals surface area (Å²) in [7, 11) is 0. The number of H-pyrrole nitrogens is 1. The SMILES string of the molecule is Cc1cccc(-c2nc(C(=O)O)cc(=O)[nH]2)c1. The van der Waals surface area contributed by atoms with Crippen molar-refractivity contribution >= 4 is 5.97 Å². The van der Waals surface area contributed by atoms with Crippen LogP contribution in [0.2, 0.25) is 0 Å². The molecule has 0 radical (unpaired) electrons. The van der Waals surface area contributed by atoms with E-state index in [2.05, 4.69) is 9.97 Å². The number of nitrogens with one attached hydrogen (secondary N) is 1. The molecule has 0 amide bonds. The van der Waals surface area contributed by atoms with Crippen LogP contribution in [0.3, 0.4) is 0 Å². The standard InChI is InChI=1S/C12H10N2O3/c1-7-3-2-4-8(5-7)11-13-9(12(16)17)6-10(15)14-11/h2-6H,1H3,(H,16,17)(H,13,14,15). The van der Waals surface area contributed by atoms with Gasteiger partial charge in [-0.25, -0.2) is 9.78 Å². The Bertz CT molecular complexity index is 632. The molecule has 1 heterocycles. The first kappa shape index (κ1) is 11.1. The Morgan fingerprint density at radius 3 is 2.76 bits per heavy atom. The van der Waals surface area contributed by atoms with Crippen LogP contribution in [0.25, 0.3) is 11.4 Å². The maximum absolute atomic E-state index is 11.3. The number of carboxylic acid groups (broad SMARTS) is 1. The molecule has 0 fully saturated rings. The van der Waals surface area contributed by atoms with Gasteiger partial charge in [-0.05, 0) is 13.0 Å². The van der Waals surface area contributed by atoms with Crippen LogP contribution in [0.4, 0.5) is 0 Å². The third-order valence-electron chi connectivity index (χ3n) is 2.25. The molecular weight excluding hydrogens is 220 g/mol. The lowest BCUT2D eigenvalue weighted by molar-refractivity contribution is 0.0690. The zero-order chi connectivity index (χ0) is 12.4. The summed E-state index contributed by atoms with van der Waals surface area (Å²) >= 11 is 0. The molecule has 2 N–H and O–H groups in total. The minimum absolute atomic E-state index is 0.259. The molecule has 0 aliphatic heterocycles. The summed E-state index contributed by atoms with van der Waals surface area (Å²) in [6, 6.07) is 8.27. The summed E-state index contributed by atoms with van der Waals surface area (Å²) in [6.45, 7) is 1.91. The van der Waals surface area contributed by atoms with E-state index in [1.807, 2.05) is 25.1 Å². The molecule has 1 aromatic heterocycles. The van der Waals surface area contributed by atoms with Gasteiger partial charge in [0.2, 0.25) is 0 Å². The van der Waals surface area contributed by atoms with Gasteiger partial charge >= 0.3 is 5.97 Å². The number of aromatic carboxylic acids is 1. The molecule has 2 rings (SSSR count). The van der Waals surface area contributed by atoms with E-state index in [0.29, 0.717) is 5.56 Å². The fourth-order valence-electron chi connectivity index (χ4n) is 1.50. The normalized spacial score (nSPS) is 10.2. The van der Waals surface area contributed by atoms with Gasteiger partial charge in [-0.3, -0.25) is 4.79 Å². The number of benzene rings is 1. The van der Waals surface area contributed by atoms with E-state index in [1.54, 1.807) is 6.07 Å². The molecule has 0 aliphatic carbocycles. The number of aromatic nitrogens is 2. The van der Waals surface area contributed by atoms with Crippen LogP contribution in [0, 0.1) is 6.92 Å². The molecule has 0 saturated carbocycles. The van der Waals surface area contributed by atoms with E-state index in [-0.39, 0.29) is 11.5 Å². The lowest BCUT2D eigenvalue weighted by Crippen LogP contribution is -2.13. The van der Waals surface area contributed by atoms with Crippen molar-refractivity contribution in [2.45, 2.75) is 6.92 Å². The minimum Gasteiger partial charge on any atom is -0.477 e. The quantitative estimate of drug-likeness (QED) is 0.817. The Balaban J connectivity index is 2.60. The molecule has 0 spiro atoms. The van der Waals surface area contributed by atoms with Crippen molar-refractivity contribution in [3.8, 4) is 11.4 Å². The van der Waals surface area contributed by atoms with Crippen LogP contribution in [0.15, 0.2) is 35.1 Å². The molecule has 0 atom stereocenters. The van der Waals surface area contributed by atoms with Gasteiger partial charge < -0.3 is 10.1 Å². The number of aromatic amines is 1. The predicted octanol–water partition coefficient (Wildman–Crippen LogP) is 1.44. The molecule has 86 valence electrons. The third-order valence-corrected chi connectivity index (χ3v) is 2.25. The molecule has 17 heavy (non-hydrogen) atoms. The maximum atomic E-state index is 11.3.